The van der Waals surface area contributed by atoms with E-state index in [1.807, 2.05) is 19.2 Å². The predicted octanol–water partition coefficient (Wildman–Crippen LogP) is 5.69. The predicted molar refractivity (Wildman–Crippen MR) is 168 cm³/mol. The van der Waals surface area contributed by atoms with E-state index >= 15 is 0 Å². The summed E-state index contributed by atoms with van der Waals surface area (Å²) in [7, 11) is 1.83. The van der Waals surface area contributed by atoms with Crippen LogP contribution in [0.1, 0.15) is 51.8 Å². The normalized spacial score (nSPS) is 14.0. The Bertz CT molecular complexity index is 1960. The van der Waals surface area contributed by atoms with E-state index in [9.17, 15) is 27.5 Å². The fourth-order valence-electron chi connectivity index (χ4n) is 5.44. The molecule has 49 heavy (non-hydrogen) atoms. The van der Waals surface area contributed by atoms with Crippen molar-refractivity contribution in [3.63, 3.8) is 0 Å². The van der Waals surface area contributed by atoms with Crippen LogP contribution in [-0.2, 0) is 31.5 Å². The lowest BCUT2D eigenvalue weighted by molar-refractivity contribution is -0.192. The van der Waals surface area contributed by atoms with Crippen LogP contribution in [0.2, 0.25) is 5.02 Å². The molecule has 1 fully saturated rings. The van der Waals surface area contributed by atoms with Crippen LogP contribution in [0.5, 0.6) is 5.88 Å². The molecule has 17 heteroatoms. The minimum atomic E-state index is -5.08. The number of likely N-dealkylation sites (tertiary alicyclic amines) is 1. The van der Waals surface area contributed by atoms with Crippen LogP contribution in [0.4, 0.5) is 17.6 Å². The van der Waals surface area contributed by atoms with Gasteiger partial charge in [0.15, 0.2) is 0 Å². The Morgan fingerprint density at radius 1 is 1.06 bits per heavy atom. The van der Waals surface area contributed by atoms with Gasteiger partial charge in [0, 0.05) is 29.4 Å². The molecule has 6 rings (SSSR count). The Balaban J connectivity index is 0.000000606. The van der Waals surface area contributed by atoms with Crippen molar-refractivity contribution < 1.29 is 42.1 Å². The maximum Gasteiger partial charge on any atom is 0.490 e. The summed E-state index contributed by atoms with van der Waals surface area (Å²) in [6.07, 6.45) is 0.0973. The number of rotatable bonds is 9. The minimum Gasteiger partial charge on any atom is -0.478 e. The number of hydrogen-bond donors (Lipinski definition) is 2. The van der Waals surface area contributed by atoms with Gasteiger partial charge < -0.3 is 19.5 Å². The highest BCUT2D eigenvalue weighted by Gasteiger charge is 2.38. The van der Waals surface area contributed by atoms with E-state index in [-0.39, 0.29) is 18.1 Å². The Hall–Kier alpha value is -5.09. The number of imidazole rings is 1. The molecule has 12 nitrogen and oxygen atoms in total. The van der Waals surface area contributed by atoms with Crippen molar-refractivity contribution in [3.8, 4) is 5.88 Å². The summed E-state index contributed by atoms with van der Waals surface area (Å²) in [4.78, 5) is 32.2. The zero-order valence-corrected chi connectivity index (χ0v) is 26.7. The van der Waals surface area contributed by atoms with Gasteiger partial charge >= 0.3 is 18.1 Å². The highest BCUT2D eigenvalue weighted by atomic mass is 35.5. The SMILES string of the molecule is Cn1nncc1Cn1c(CN2CCC(c3cccnc3OCc3ccc(Cl)cc3F)CC2)nc2ccc(C(=O)O)cc21.O=C(O)C(F)(F)F. The average molecular weight is 704 g/mol. The molecule has 0 atom stereocenters. The number of aromatic carboxylic acids is 1. The van der Waals surface area contributed by atoms with Crippen molar-refractivity contribution >= 4 is 34.6 Å². The summed E-state index contributed by atoms with van der Waals surface area (Å²) < 4.78 is 55.7. The van der Waals surface area contributed by atoms with Gasteiger partial charge in [0.05, 0.1) is 41.6 Å². The zero-order valence-electron chi connectivity index (χ0n) is 25.9. The highest BCUT2D eigenvalue weighted by Crippen LogP contribution is 2.34. The number of aliphatic carboxylic acids is 1. The number of hydrogen-bond acceptors (Lipinski definition) is 8. The number of pyridine rings is 1. The Morgan fingerprint density at radius 2 is 1.80 bits per heavy atom. The van der Waals surface area contributed by atoms with E-state index in [0.717, 1.165) is 54.0 Å². The summed E-state index contributed by atoms with van der Waals surface area (Å²) in [5.74, 6) is -2.52. The number of aromatic nitrogens is 6. The molecule has 1 aliphatic rings. The van der Waals surface area contributed by atoms with Gasteiger partial charge in [-0.05, 0) is 68.2 Å². The van der Waals surface area contributed by atoms with Crippen LogP contribution in [0.3, 0.4) is 0 Å². The minimum absolute atomic E-state index is 0.0673. The van der Waals surface area contributed by atoms with Gasteiger partial charge in [-0.3, -0.25) is 9.58 Å². The molecule has 0 saturated carbocycles. The smallest absolute Gasteiger partial charge is 0.478 e. The molecule has 0 aliphatic carbocycles. The third-order valence-electron chi connectivity index (χ3n) is 8.02. The van der Waals surface area contributed by atoms with Gasteiger partial charge in [-0.1, -0.05) is 28.9 Å². The summed E-state index contributed by atoms with van der Waals surface area (Å²) >= 11 is 5.88. The molecular formula is C32H30ClF4N7O5. The number of fused-ring (bicyclic) bond motifs is 1. The van der Waals surface area contributed by atoms with Crippen molar-refractivity contribution in [3.05, 3.63) is 100.0 Å². The Kier molecular flexibility index (Phi) is 10.8. The first kappa shape index (κ1) is 35.2. The standard InChI is InChI=1S/C30H29ClFN7O3.C2HF3O2/c1-37-23(15-34-36-37)16-39-27-13-20(30(40)41)5-7-26(27)35-28(39)17-38-11-8-19(9-12-38)24-3-2-10-33-29(24)42-18-21-4-6-22(31)14-25(21)32;3-2(4,5)1(6)7/h2-7,10,13-15,19H,8-9,11-12,16-18H2,1H3,(H,40,41);(H,6,7). The summed E-state index contributed by atoms with van der Waals surface area (Å²) in [6.45, 7) is 2.82. The third kappa shape index (κ3) is 8.69. The second kappa shape index (κ2) is 15.0. The Labute approximate surface area is 281 Å². The van der Waals surface area contributed by atoms with E-state index in [1.165, 1.54) is 6.07 Å². The number of benzene rings is 2. The molecule has 258 valence electrons. The first-order valence-electron chi connectivity index (χ1n) is 14.9. The van der Waals surface area contributed by atoms with Gasteiger partial charge in [-0.2, -0.15) is 13.2 Å². The molecule has 0 bridgehead atoms. The van der Waals surface area contributed by atoms with E-state index in [0.29, 0.717) is 29.6 Å². The number of nitrogens with zero attached hydrogens (tertiary/aromatic N) is 7. The number of halogens is 5. The summed E-state index contributed by atoms with van der Waals surface area (Å²) in [5, 5.41) is 25.1. The van der Waals surface area contributed by atoms with Gasteiger partial charge in [-0.25, -0.2) is 23.9 Å². The number of carboxylic acids is 2. The molecule has 0 unspecified atom stereocenters. The molecule has 3 aromatic heterocycles. The number of aryl methyl sites for hydroxylation is 1. The molecule has 0 amide bonds. The summed E-state index contributed by atoms with van der Waals surface area (Å²) in [6, 6.07) is 13.5. The van der Waals surface area contributed by atoms with Crippen LogP contribution in [0.25, 0.3) is 11.0 Å². The third-order valence-corrected chi connectivity index (χ3v) is 8.25. The van der Waals surface area contributed by atoms with Gasteiger partial charge in [0.2, 0.25) is 5.88 Å². The maximum absolute atomic E-state index is 14.3. The number of piperidine rings is 1. The van der Waals surface area contributed by atoms with Crippen LogP contribution in [-0.4, -0.2) is 75.8 Å². The quantitative estimate of drug-likeness (QED) is 0.184. The molecule has 0 radical (unpaired) electrons. The van der Waals surface area contributed by atoms with E-state index in [1.54, 1.807) is 47.4 Å². The molecule has 1 aliphatic heterocycles. The Morgan fingerprint density at radius 3 is 2.43 bits per heavy atom. The van der Waals surface area contributed by atoms with Crippen molar-refractivity contribution in [2.75, 3.05) is 13.1 Å². The molecule has 5 aromatic rings. The number of alkyl halides is 3. The monoisotopic (exact) mass is 703 g/mol. The lowest BCUT2D eigenvalue weighted by Crippen LogP contribution is -2.33. The van der Waals surface area contributed by atoms with Crippen LogP contribution >= 0.6 is 11.6 Å². The first-order valence-corrected chi connectivity index (χ1v) is 15.3. The molecule has 0 spiro atoms. The number of carboxylic acid groups (broad SMARTS) is 2. The van der Waals surface area contributed by atoms with Crippen LogP contribution in [0.15, 0.2) is 60.9 Å². The fraction of sp³-hybridized carbons (Fsp3) is 0.312. The molecule has 2 aromatic carbocycles. The van der Waals surface area contributed by atoms with Crippen molar-refractivity contribution in [1.29, 1.82) is 0 Å². The second-order valence-electron chi connectivity index (χ2n) is 11.2. The average Bonchev–Trinajstić information content (AvgIpc) is 3.62. The van der Waals surface area contributed by atoms with E-state index < -0.39 is 23.9 Å². The van der Waals surface area contributed by atoms with Crippen molar-refractivity contribution in [2.24, 2.45) is 7.05 Å². The van der Waals surface area contributed by atoms with Crippen molar-refractivity contribution in [1.82, 2.24) is 34.4 Å². The van der Waals surface area contributed by atoms with Crippen LogP contribution < -0.4 is 4.74 Å². The van der Waals surface area contributed by atoms with Crippen LogP contribution in [0, 0.1) is 5.82 Å². The summed E-state index contributed by atoms with van der Waals surface area (Å²) in [5.41, 5.74) is 4.05. The lowest BCUT2D eigenvalue weighted by Gasteiger charge is -2.32. The lowest BCUT2D eigenvalue weighted by atomic mass is 9.90. The fourth-order valence-corrected chi connectivity index (χ4v) is 5.60. The van der Waals surface area contributed by atoms with Gasteiger partial charge in [-0.15, -0.1) is 5.10 Å². The van der Waals surface area contributed by atoms with Gasteiger partial charge in [0.1, 0.15) is 18.2 Å². The topological polar surface area (TPSA) is 148 Å². The second-order valence-corrected chi connectivity index (χ2v) is 11.7. The van der Waals surface area contributed by atoms with Gasteiger partial charge in [0.25, 0.3) is 0 Å². The number of ether oxygens (including phenoxy) is 1. The van der Waals surface area contributed by atoms with E-state index in [4.69, 9.17) is 31.2 Å². The molecule has 2 N–H and O–H groups in total. The van der Waals surface area contributed by atoms with E-state index in [2.05, 4.69) is 24.8 Å². The first-order chi connectivity index (χ1) is 23.3. The maximum atomic E-state index is 14.3. The number of carbonyl (C=O) groups is 2. The highest BCUT2D eigenvalue weighted by molar-refractivity contribution is 6.30. The molecule has 4 heterocycles. The molecule has 1 saturated heterocycles. The van der Waals surface area contributed by atoms with Crippen molar-refractivity contribution in [2.45, 2.75) is 44.6 Å². The zero-order chi connectivity index (χ0) is 35.3. The largest absolute Gasteiger partial charge is 0.490 e. The molecular weight excluding hydrogens is 674 g/mol.